The SMILES string of the molecule is CC(C(=O)O)N(C)c1ccc(S(=O)(=O)c2ccc([N+](=O)[O-])cc2)cc1. The van der Waals surface area contributed by atoms with Gasteiger partial charge in [-0.1, -0.05) is 0 Å². The zero-order valence-corrected chi connectivity index (χ0v) is 14.3. The zero-order chi connectivity index (χ0) is 18.8. The van der Waals surface area contributed by atoms with E-state index in [4.69, 9.17) is 5.11 Å². The Morgan fingerprint density at radius 2 is 1.52 bits per heavy atom. The van der Waals surface area contributed by atoms with E-state index in [0.717, 1.165) is 12.1 Å². The average Bonchev–Trinajstić information content (AvgIpc) is 2.60. The molecule has 1 unspecified atom stereocenters. The van der Waals surface area contributed by atoms with E-state index in [2.05, 4.69) is 0 Å². The summed E-state index contributed by atoms with van der Waals surface area (Å²) < 4.78 is 25.1. The lowest BCUT2D eigenvalue weighted by Gasteiger charge is -2.23. The van der Waals surface area contributed by atoms with E-state index in [1.54, 1.807) is 7.05 Å². The number of non-ortho nitro benzene ring substituents is 1. The first-order valence-electron chi connectivity index (χ1n) is 7.20. The van der Waals surface area contributed by atoms with Crippen molar-refractivity contribution in [2.45, 2.75) is 22.8 Å². The van der Waals surface area contributed by atoms with Crippen LogP contribution in [0.15, 0.2) is 58.3 Å². The van der Waals surface area contributed by atoms with Crippen LogP contribution < -0.4 is 4.90 Å². The normalized spacial score (nSPS) is 12.4. The Bertz CT molecular complexity index is 891. The standard InChI is InChI=1S/C16H16N2O6S/c1-11(16(19)20)17(2)12-3-7-14(8-4-12)25(23,24)15-9-5-13(6-10-15)18(21)22/h3-11H,1-2H3,(H,19,20). The summed E-state index contributed by atoms with van der Waals surface area (Å²) in [5.41, 5.74) is 0.358. The van der Waals surface area contributed by atoms with Crippen LogP contribution >= 0.6 is 0 Å². The number of carboxylic acids is 1. The highest BCUT2D eigenvalue weighted by Gasteiger charge is 2.21. The molecule has 0 saturated heterocycles. The second-order valence-electron chi connectivity index (χ2n) is 5.37. The quantitative estimate of drug-likeness (QED) is 0.617. The molecule has 0 heterocycles. The largest absolute Gasteiger partial charge is 0.480 e. The summed E-state index contributed by atoms with van der Waals surface area (Å²) in [6.07, 6.45) is 0. The van der Waals surface area contributed by atoms with Gasteiger partial charge in [0.2, 0.25) is 9.84 Å². The van der Waals surface area contributed by atoms with Gasteiger partial charge in [-0.25, -0.2) is 13.2 Å². The molecule has 132 valence electrons. The van der Waals surface area contributed by atoms with E-state index in [1.807, 2.05) is 0 Å². The molecular weight excluding hydrogens is 348 g/mol. The number of nitro groups is 1. The van der Waals surface area contributed by atoms with Crippen LogP contribution in [0.1, 0.15) is 6.92 Å². The highest BCUT2D eigenvalue weighted by Crippen LogP contribution is 2.25. The minimum atomic E-state index is -3.82. The molecule has 0 spiro atoms. The number of sulfone groups is 1. The predicted octanol–water partition coefficient (Wildman–Crippen LogP) is 2.34. The minimum Gasteiger partial charge on any atom is -0.480 e. The van der Waals surface area contributed by atoms with Gasteiger partial charge in [0.15, 0.2) is 0 Å². The molecule has 1 atom stereocenters. The van der Waals surface area contributed by atoms with Gasteiger partial charge in [-0.2, -0.15) is 0 Å². The van der Waals surface area contributed by atoms with Crippen molar-refractivity contribution in [1.29, 1.82) is 0 Å². The van der Waals surface area contributed by atoms with Crippen molar-refractivity contribution < 1.29 is 23.2 Å². The minimum absolute atomic E-state index is 0.0153. The lowest BCUT2D eigenvalue weighted by molar-refractivity contribution is -0.384. The topological polar surface area (TPSA) is 118 Å². The van der Waals surface area contributed by atoms with Crippen molar-refractivity contribution in [2.24, 2.45) is 0 Å². The number of aliphatic carboxylic acids is 1. The summed E-state index contributed by atoms with van der Waals surface area (Å²) in [6.45, 7) is 1.52. The molecule has 0 aliphatic carbocycles. The molecule has 25 heavy (non-hydrogen) atoms. The van der Waals surface area contributed by atoms with Gasteiger partial charge in [-0.15, -0.1) is 0 Å². The van der Waals surface area contributed by atoms with Crippen molar-refractivity contribution in [1.82, 2.24) is 0 Å². The molecule has 0 aliphatic heterocycles. The van der Waals surface area contributed by atoms with E-state index < -0.39 is 26.8 Å². The third-order valence-electron chi connectivity index (χ3n) is 3.85. The number of hydrogen-bond donors (Lipinski definition) is 1. The fourth-order valence-corrected chi connectivity index (χ4v) is 3.39. The van der Waals surface area contributed by atoms with Crippen molar-refractivity contribution in [3.63, 3.8) is 0 Å². The predicted molar refractivity (Wildman–Crippen MR) is 90.5 cm³/mol. The first kappa shape index (κ1) is 18.4. The molecule has 8 nitrogen and oxygen atoms in total. The number of likely N-dealkylation sites (N-methyl/N-ethyl adjacent to an activating group) is 1. The Hall–Kier alpha value is -2.94. The molecule has 2 rings (SSSR count). The second kappa shape index (κ2) is 6.89. The molecule has 0 aromatic heterocycles. The maximum Gasteiger partial charge on any atom is 0.326 e. The highest BCUT2D eigenvalue weighted by molar-refractivity contribution is 7.91. The first-order chi connectivity index (χ1) is 11.6. The molecule has 0 fully saturated rings. The van der Waals surface area contributed by atoms with Crippen LogP contribution in [0.25, 0.3) is 0 Å². The van der Waals surface area contributed by atoms with Gasteiger partial charge in [0.05, 0.1) is 14.7 Å². The smallest absolute Gasteiger partial charge is 0.326 e. The van der Waals surface area contributed by atoms with E-state index in [-0.39, 0.29) is 15.5 Å². The summed E-state index contributed by atoms with van der Waals surface area (Å²) in [5.74, 6) is -0.995. The van der Waals surface area contributed by atoms with Crippen molar-refractivity contribution in [3.8, 4) is 0 Å². The highest BCUT2D eigenvalue weighted by atomic mass is 32.2. The monoisotopic (exact) mass is 364 g/mol. The van der Waals surface area contributed by atoms with Gasteiger partial charge in [0.1, 0.15) is 6.04 Å². The molecule has 2 aromatic carbocycles. The maximum atomic E-state index is 12.6. The van der Waals surface area contributed by atoms with E-state index in [1.165, 1.54) is 48.2 Å². The van der Waals surface area contributed by atoms with Gasteiger partial charge in [0.25, 0.3) is 5.69 Å². The Balaban J connectivity index is 2.31. The summed E-state index contributed by atoms with van der Waals surface area (Å²) in [6, 6.07) is 9.62. The number of benzene rings is 2. The molecule has 0 amide bonds. The van der Waals surface area contributed by atoms with Gasteiger partial charge in [0, 0.05) is 24.9 Å². The van der Waals surface area contributed by atoms with Gasteiger partial charge >= 0.3 is 5.97 Å². The van der Waals surface area contributed by atoms with Crippen molar-refractivity contribution >= 4 is 27.2 Å². The third-order valence-corrected chi connectivity index (χ3v) is 5.64. The third kappa shape index (κ3) is 3.77. The fraction of sp³-hybridized carbons (Fsp3) is 0.188. The van der Waals surface area contributed by atoms with Gasteiger partial charge in [-0.05, 0) is 43.3 Å². The molecule has 1 N–H and O–H groups in total. The van der Waals surface area contributed by atoms with Crippen LogP contribution in [-0.4, -0.2) is 37.5 Å². The van der Waals surface area contributed by atoms with Crippen LogP contribution in [0.4, 0.5) is 11.4 Å². The van der Waals surface area contributed by atoms with Gasteiger partial charge < -0.3 is 10.0 Å². The number of hydrogen-bond acceptors (Lipinski definition) is 6. The molecule has 0 aliphatic rings. The van der Waals surface area contributed by atoms with E-state index >= 15 is 0 Å². The second-order valence-corrected chi connectivity index (χ2v) is 7.32. The lowest BCUT2D eigenvalue weighted by atomic mass is 10.2. The fourth-order valence-electron chi connectivity index (χ4n) is 2.13. The van der Waals surface area contributed by atoms with Gasteiger partial charge in [-0.3, -0.25) is 10.1 Å². The molecule has 0 radical (unpaired) electrons. The Morgan fingerprint density at radius 3 is 1.92 bits per heavy atom. The zero-order valence-electron chi connectivity index (χ0n) is 13.5. The number of rotatable bonds is 6. The molecule has 9 heteroatoms. The van der Waals surface area contributed by atoms with Crippen LogP contribution in [0.5, 0.6) is 0 Å². The first-order valence-corrected chi connectivity index (χ1v) is 8.68. The number of carbonyl (C=O) groups is 1. The summed E-state index contributed by atoms with van der Waals surface area (Å²) >= 11 is 0. The summed E-state index contributed by atoms with van der Waals surface area (Å²) in [7, 11) is -2.22. The van der Waals surface area contributed by atoms with Crippen LogP contribution in [-0.2, 0) is 14.6 Å². The number of carboxylic acid groups (broad SMARTS) is 1. The number of nitro benzene ring substituents is 1. The van der Waals surface area contributed by atoms with E-state index in [0.29, 0.717) is 5.69 Å². The Labute approximate surface area is 144 Å². The number of nitrogens with zero attached hydrogens (tertiary/aromatic N) is 2. The summed E-state index contributed by atoms with van der Waals surface area (Å²) in [4.78, 5) is 22.5. The van der Waals surface area contributed by atoms with Crippen LogP contribution in [0, 0.1) is 10.1 Å². The molecule has 0 bridgehead atoms. The number of anilines is 1. The van der Waals surface area contributed by atoms with Crippen molar-refractivity contribution in [3.05, 3.63) is 58.6 Å². The van der Waals surface area contributed by atoms with Crippen LogP contribution in [0.2, 0.25) is 0 Å². The maximum absolute atomic E-state index is 12.6. The molecule has 2 aromatic rings. The average molecular weight is 364 g/mol. The van der Waals surface area contributed by atoms with Crippen LogP contribution in [0.3, 0.4) is 0 Å². The Kier molecular flexibility index (Phi) is 5.07. The summed E-state index contributed by atoms with van der Waals surface area (Å²) in [5, 5.41) is 19.7. The molecule has 0 saturated carbocycles. The molecular formula is C16H16N2O6S. The van der Waals surface area contributed by atoms with E-state index in [9.17, 15) is 23.3 Å². The van der Waals surface area contributed by atoms with Crippen molar-refractivity contribution in [2.75, 3.05) is 11.9 Å². The lowest BCUT2D eigenvalue weighted by Crippen LogP contribution is -2.35. The Morgan fingerprint density at radius 1 is 1.08 bits per heavy atom.